The summed E-state index contributed by atoms with van der Waals surface area (Å²) in [4.78, 5) is 12.6. The fourth-order valence-corrected chi connectivity index (χ4v) is 1.80. The predicted octanol–water partition coefficient (Wildman–Crippen LogP) is 0.583. The molecule has 1 fully saturated rings. The van der Waals surface area contributed by atoms with Crippen LogP contribution in [0.2, 0.25) is 0 Å². The molecule has 1 aliphatic heterocycles. The molecule has 1 aliphatic rings. The molecule has 0 aromatic heterocycles. The van der Waals surface area contributed by atoms with Gasteiger partial charge in [-0.3, -0.25) is 0 Å². The van der Waals surface area contributed by atoms with Crippen molar-refractivity contribution in [2.24, 2.45) is 0 Å². The third-order valence-electron chi connectivity index (χ3n) is 1.94. The average Bonchev–Trinajstić information content (AvgIpc) is 2.08. The van der Waals surface area contributed by atoms with Gasteiger partial charge < -0.3 is 14.7 Å². The molecule has 0 aromatic carbocycles. The van der Waals surface area contributed by atoms with Crippen molar-refractivity contribution >= 4 is 22.0 Å². The number of alkyl halides is 1. The van der Waals surface area contributed by atoms with Crippen molar-refractivity contribution in [2.45, 2.75) is 17.4 Å². The molecule has 1 amide bonds. The summed E-state index contributed by atoms with van der Waals surface area (Å²) in [6.07, 6.45) is -0.0809. The topological polar surface area (TPSA) is 49.8 Å². The number of likely N-dealkylation sites (tertiary alicyclic amines) is 1. The van der Waals surface area contributed by atoms with Gasteiger partial charge in [-0.05, 0) is 6.42 Å². The van der Waals surface area contributed by atoms with E-state index < -0.39 is 0 Å². The highest BCUT2D eigenvalue weighted by Crippen LogP contribution is 2.17. The van der Waals surface area contributed by atoms with E-state index in [2.05, 4.69) is 20.7 Å². The van der Waals surface area contributed by atoms with Crippen molar-refractivity contribution in [2.75, 3.05) is 20.2 Å². The Balaban J connectivity index is 2.45. The van der Waals surface area contributed by atoms with Crippen LogP contribution in [0.15, 0.2) is 0 Å². The second-order valence-electron chi connectivity index (χ2n) is 2.79. The van der Waals surface area contributed by atoms with Crippen molar-refractivity contribution in [1.29, 1.82) is 0 Å². The smallest absolute Gasteiger partial charge is 0.409 e. The molecular weight excluding hydrogens is 226 g/mol. The SMILES string of the molecule is COC(=O)N1CCC(O)C(Br)C1. The van der Waals surface area contributed by atoms with Crippen molar-refractivity contribution in [3.05, 3.63) is 0 Å². The molecule has 70 valence electrons. The predicted molar refractivity (Wildman–Crippen MR) is 47.3 cm³/mol. The molecule has 0 radical (unpaired) electrons. The summed E-state index contributed by atoms with van der Waals surface area (Å²) in [5.41, 5.74) is 0. The van der Waals surface area contributed by atoms with E-state index in [0.29, 0.717) is 19.5 Å². The average molecular weight is 238 g/mol. The Morgan fingerprint density at radius 1 is 1.75 bits per heavy atom. The van der Waals surface area contributed by atoms with Gasteiger partial charge in [-0.25, -0.2) is 4.79 Å². The minimum Gasteiger partial charge on any atom is -0.453 e. The van der Waals surface area contributed by atoms with E-state index in [0.717, 1.165) is 0 Å². The lowest BCUT2D eigenvalue weighted by atomic mass is 10.1. The molecule has 1 heterocycles. The highest BCUT2D eigenvalue weighted by atomic mass is 79.9. The first-order valence-electron chi connectivity index (χ1n) is 3.80. The fraction of sp³-hybridized carbons (Fsp3) is 0.857. The van der Waals surface area contributed by atoms with Gasteiger partial charge in [-0.1, -0.05) is 15.9 Å². The molecule has 5 heteroatoms. The molecule has 4 nitrogen and oxygen atoms in total. The number of nitrogens with zero attached hydrogens (tertiary/aromatic N) is 1. The zero-order valence-electron chi connectivity index (χ0n) is 6.86. The van der Waals surface area contributed by atoms with E-state index in [1.807, 2.05) is 0 Å². The van der Waals surface area contributed by atoms with Gasteiger partial charge in [0.25, 0.3) is 0 Å². The summed E-state index contributed by atoms with van der Waals surface area (Å²) in [5.74, 6) is 0. The van der Waals surface area contributed by atoms with E-state index in [1.54, 1.807) is 4.90 Å². The lowest BCUT2D eigenvalue weighted by molar-refractivity contribution is 0.0744. The zero-order chi connectivity index (χ0) is 9.14. The summed E-state index contributed by atoms with van der Waals surface area (Å²) >= 11 is 3.29. The molecule has 0 aromatic rings. The number of piperidine rings is 1. The summed E-state index contributed by atoms with van der Waals surface area (Å²) in [6, 6.07) is 0. The second kappa shape index (κ2) is 4.09. The van der Waals surface area contributed by atoms with Crippen LogP contribution in [0.5, 0.6) is 0 Å². The second-order valence-corrected chi connectivity index (χ2v) is 3.96. The van der Waals surface area contributed by atoms with Crippen LogP contribution in [0.3, 0.4) is 0 Å². The molecule has 0 aliphatic carbocycles. The van der Waals surface area contributed by atoms with Crippen LogP contribution in [0.4, 0.5) is 4.79 Å². The van der Waals surface area contributed by atoms with Crippen LogP contribution < -0.4 is 0 Å². The van der Waals surface area contributed by atoms with E-state index in [9.17, 15) is 9.90 Å². The molecule has 0 bridgehead atoms. The standard InChI is InChI=1S/C7H12BrNO3/c1-12-7(11)9-3-2-6(10)5(8)4-9/h5-6,10H,2-4H2,1H3. The van der Waals surface area contributed by atoms with Crippen molar-refractivity contribution in [1.82, 2.24) is 4.90 Å². The van der Waals surface area contributed by atoms with Crippen LogP contribution in [0, 0.1) is 0 Å². The third kappa shape index (κ3) is 2.10. The number of carbonyl (C=O) groups is 1. The molecule has 12 heavy (non-hydrogen) atoms. The molecule has 1 rings (SSSR count). The minimum atomic E-state index is -0.356. The monoisotopic (exact) mass is 237 g/mol. The number of amides is 1. The molecule has 1 saturated heterocycles. The maximum absolute atomic E-state index is 11.0. The van der Waals surface area contributed by atoms with E-state index >= 15 is 0 Å². The van der Waals surface area contributed by atoms with Crippen molar-refractivity contribution < 1.29 is 14.6 Å². The number of carbonyl (C=O) groups excluding carboxylic acids is 1. The number of rotatable bonds is 0. The Labute approximate surface area is 79.6 Å². The largest absolute Gasteiger partial charge is 0.453 e. The molecule has 2 unspecified atom stereocenters. The third-order valence-corrected chi connectivity index (χ3v) is 2.84. The number of ether oxygens (including phenoxy) is 1. The van der Waals surface area contributed by atoms with Gasteiger partial charge in [-0.15, -0.1) is 0 Å². The first-order valence-corrected chi connectivity index (χ1v) is 4.71. The van der Waals surface area contributed by atoms with E-state index in [1.165, 1.54) is 7.11 Å². The molecular formula is C7H12BrNO3. The first-order chi connectivity index (χ1) is 5.65. The maximum atomic E-state index is 11.0. The Morgan fingerprint density at radius 3 is 2.92 bits per heavy atom. The number of halogens is 1. The number of aliphatic hydroxyl groups is 1. The summed E-state index contributed by atoms with van der Waals surface area (Å²) in [7, 11) is 1.36. The minimum absolute atomic E-state index is 0.0367. The Bertz CT molecular complexity index is 176. The highest BCUT2D eigenvalue weighted by Gasteiger charge is 2.28. The summed E-state index contributed by atoms with van der Waals surface area (Å²) in [6.45, 7) is 1.07. The molecule has 0 spiro atoms. The lowest BCUT2D eigenvalue weighted by Crippen LogP contribution is -2.46. The fourth-order valence-electron chi connectivity index (χ4n) is 1.19. The number of methoxy groups -OCH3 is 1. The normalized spacial score (nSPS) is 30.1. The maximum Gasteiger partial charge on any atom is 0.409 e. The van der Waals surface area contributed by atoms with Gasteiger partial charge in [0.05, 0.1) is 18.0 Å². The quantitative estimate of drug-likeness (QED) is 0.628. The first kappa shape index (κ1) is 9.80. The van der Waals surface area contributed by atoms with Crippen LogP contribution in [0.1, 0.15) is 6.42 Å². The van der Waals surface area contributed by atoms with Crippen LogP contribution in [-0.2, 0) is 4.74 Å². The number of hydrogen-bond donors (Lipinski definition) is 1. The van der Waals surface area contributed by atoms with Gasteiger partial charge >= 0.3 is 6.09 Å². The Hall–Kier alpha value is -0.290. The molecule has 1 N–H and O–H groups in total. The number of aliphatic hydroxyl groups excluding tert-OH is 1. The van der Waals surface area contributed by atoms with Crippen LogP contribution >= 0.6 is 15.9 Å². The number of hydrogen-bond acceptors (Lipinski definition) is 3. The lowest BCUT2D eigenvalue weighted by Gasteiger charge is -2.32. The zero-order valence-corrected chi connectivity index (χ0v) is 8.45. The van der Waals surface area contributed by atoms with Crippen molar-refractivity contribution in [3.63, 3.8) is 0 Å². The van der Waals surface area contributed by atoms with Gasteiger partial charge in [0, 0.05) is 13.1 Å². The van der Waals surface area contributed by atoms with Crippen LogP contribution in [-0.4, -0.2) is 47.2 Å². The van der Waals surface area contributed by atoms with Crippen molar-refractivity contribution in [3.8, 4) is 0 Å². The highest BCUT2D eigenvalue weighted by molar-refractivity contribution is 9.09. The van der Waals surface area contributed by atoms with Gasteiger partial charge in [0.2, 0.25) is 0 Å². The van der Waals surface area contributed by atoms with Gasteiger partial charge in [0.1, 0.15) is 0 Å². The summed E-state index contributed by atoms with van der Waals surface area (Å²) < 4.78 is 4.56. The molecule has 2 atom stereocenters. The Morgan fingerprint density at radius 2 is 2.42 bits per heavy atom. The van der Waals surface area contributed by atoms with Gasteiger partial charge in [0.15, 0.2) is 0 Å². The van der Waals surface area contributed by atoms with E-state index in [4.69, 9.17) is 0 Å². The van der Waals surface area contributed by atoms with E-state index in [-0.39, 0.29) is 17.0 Å². The Kier molecular flexibility index (Phi) is 3.34. The van der Waals surface area contributed by atoms with Crippen LogP contribution in [0.25, 0.3) is 0 Å². The summed E-state index contributed by atoms with van der Waals surface area (Å²) in [5, 5.41) is 9.32. The van der Waals surface area contributed by atoms with Gasteiger partial charge in [-0.2, -0.15) is 0 Å². The molecule has 0 saturated carbocycles.